The quantitative estimate of drug-likeness (QED) is 0.388. The average molecular weight is 539 g/mol. The Hall–Kier alpha value is -2.49. The molecule has 1 N–H and O–H groups in total. The summed E-state index contributed by atoms with van der Waals surface area (Å²) in [7, 11) is 0. The van der Waals surface area contributed by atoms with Gasteiger partial charge in [0.25, 0.3) is 0 Å². The van der Waals surface area contributed by atoms with E-state index in [9.17, 15) is 5.11 Å². The second-order valence-corrected chi connectivity index (χ2v) is 9.37. The van der Waals surface area contributed by atoms with Crippen molar-refractivity contribution in [1.29, 1.82) is 0 Å². The summed E-state index contributed by atoms with van der Waals surface area (Å²) in [4.78, 5) is 9.81. The molecule has 0 amide bonds. The summed E-state index contributed by atoms with van der Waals surface area (Å²) < 4.78 is 3.20. The fourth-order valence-electron chi connectivity index (χ4n) is 4.41. The molecular formula is C25H26IN5O. The zero-order chi connectivity index (χ0) is 22.1. The Labute approximate surface area is 201 Å². The van der Waals surface area contributed by atoms with Crippen LogP contribution in [0.2, 0.25) is 0 Å². The number of fused-ring (bicyclic) bond motifs is 1. The van der Waals surface area contributed by atoms with Gasteiger partial charge in [-0.1, -0.05) is 42.5 Å². The van der Waals surface area contributed by atoms with Crippen LogP contribution >= 0.6 is 22.6 Å². The van der Waals surface area contributed by atoms with Crippen molar-refractivity contribution in [2.24, 2.45) is 0 Å². The highest BCUT2D eigenvalue weighted by Crippen LogP contribution is 2.33. The zero-order valence-corrected chi connectivity index (χ0v) is 20.2. The fourth-order valence-corrected chi connectivity index (χ4v) is 4.96. The molecule has 4 aromatic rings. The number of aryl methyl sites for hydroxylation is 1. The van der Waals surface area contributed by atoms with E-state index in [0.29, 0.717) is 0 Å². The van der Waals surface area contributed by atoms with Crippen LogP contribution in [0.3, 0.4) is 0 Å². The Kier molecular flexibility index (Phi) is 6.12. The van der Waals surface area contributed by atoms with Crippen LogP contribution in [-0.2, 0) is 0 Å². The number of nitrogens with zero attached hydrogens (tertiary/aromatic N) is 5. The zero-order valence-electron chi connectivity index (χ0n) is 18.1. The van der Waals surface area contributed by atoms with E-state index in [1.54, 1.807) is 0 Å². The molecule has 2 aromatic carbocycles. The van der Waals surface area contributed by atoms with Crippen LogP contribution in [-0.4, -0.2) is 63.9 Å². The maximum absolute atomic E-state index is 9.29. The van der Waals surface area contributed by atoms with Crippen LogP contribution in [0.5, 0.6) is 0 Å². The highest BCUT2D eigenvalue weighted by Gasteiger charge is 2.23. The molecule has 1 aliphatic heterocycles. The van der Waals surface area contributed by atoms with E-state index in [1.807, 2.05) is 10.6 Å². The number of aliphatic hydroxyl groups is 1. The fraction of sp³-hybridized carbons (Fsp3) is 0.280. The lowest BCUT2D eigenvalue weighted by Crippen LogP contribution is -2.47. The number of piperazine rings is 1. The molecule has 5 rings (SSSR count). The third-order valence-electron chi connectivity index (χ3n) is 6.04. The molecule has 0 aliphatic carbocycles. The summed E-state index contributed by atoms with van der Waals surface area (Å²) in [6.07, 6.45) is 0. The predicted octanol–water partition coefficient (Wildman–Crippen LogP) is 4.09. The Morgan fingerprint density at radius 3 is 2.41 bits per heavy atom. The van der Waals surface area contributed by atoms with Gasteiger partial charge in [-0.25, -0.2) is 4.98 Å². The van der Waals surface area contributed by atoms with Crippen molar-refractivity contribution in [3.8, 4) is 22.4 Å². The van der Waals surface area contributed by atoms with Crippen LogP contribution in [0.15, 0.2) is 60.7 Å². The topological polar surface area (TPSA) is 56.9 Å². The third kappa shape index (κ3) is 4.12. The van der Waals surface area contributed by atoms with Crippen LogP contribution in [0.1, 0.15) is 5.69 Å². The first-order valence-electron chi connectivity index (χ1n) is 10.9. The van der Waals surface area contributed by atoms with Gasteiger partial charge in [-0.05, 0) is 47.2 Å². The number of rotatable bonds is 5. The van der Waals surface area contributed by atoms with Crippen LogP contribution in [0, 0.1) is 10.5 Å². The van der Waals surface area contributed by atoms with Crippen LogP contribution < -0.4 is 4.90 Å². The van der Waals surface area contributed by atoms with Gasteiger partial charge in [0.15, 0.2) is 5.65 Å². The minimum atomic E-state index is 0.203. The van der Waals surface area contributed by atoms with Gasteiger partial charge < -0.3 is 10.0 Å². The maximum Gasteiger partial charge on any atom is 0.166 e. The molecule has 32 heavy (non-hydrogen) atoms. The first-order valence-corrected chi connectivity index (χ1v) is 12.0. The summed E-state index contributed by atoms with van der Waals surface area (Å²) in [6.45, 7) is 6.63. The Morgan fingerprint density at radius 1 is 0.938 bits per heavy atom. The standard InChI is InChI=1S/C25H26IN5O/c1-18-24(19-6-3-2-4-7-19)25-27-22(20-8-5-9-21(26)16-20)17-23(31(25)28-18)30-12-10-29(11-13-30)14-15-32/h2-9,16-17,32H,10-15H2,1H3. The van der Waals surface area contributed by atoms with Crippen molar-refractivity contribution >= 4 is 34.1 Å². The van der Waals surface area contributed by atoms with Gasteiger partial charge >= 0.3 is 0 Å². The highest BCUT2D eigenvalue weighted by atomic mass is 127. The summed E-state index contributed by atoms with van der Waals surface area (Å²) in [5.74, 6) is 1.07. The van der Waals surface area contributed by atoms with Crippen LogP contribution in [0.4, 0.5) is 5.82 Å². The number of hydrogen-bond donors (Lipinski definition) is 1. The molecule has 6 nitrogen and oxygen atoms in total. The van der Waals surface area contributed by atoms with Gasteiger partial charge in [-0.2, -0.15) is 9.61 Å². The summed E-state index contributed by atoms with van der Waals surface area (Å²) in [6, 6.07) is 21.0. The van der Waals surface area contributed by atoms with Crippen LogP contribution in [0.25, 0.3) is 28.0 Å². The molecule has 1 saturated heterocycles. The molecule has 1 fully saturated rings. The van der Waals surface area contributed by atoms with Gasteiger partial charge in [0.1, 0.15) is 5.82 Å². The molecular weight excluding hydrogens is 513 g/mol. The van der Waals surface area contributed by atoms with E-state index in [0.717, 1.165) is 72.3 Å². The Balaban J connectivity index is 1.67. The van der Waals surface area contributed by atoms with Gasteiger partial charge in [0.2, 0.25) is 0 Å². The van der Waals surface area contributed by atoms with Gasteiger partial charge in [0.05, 0.1) is 18.0 Å². The van der Waals surface area contributed by atoms with E-state index < -0.39 is 0 Å². The Morgan fingerprint density at radius 2 is 1.69 bits per heavy atom. The molecule has 0 bridgehead atoms. The molecule has 0 radical (unpaired) electrons. The second kappa shape index (κ2) is 9.17. The molecule has 1 aliphatic rings. The molecule has 0 saturated carbocycles. The number of halogens is 1. The van der Waals surface area contributed by atoms with Crippen molar-refractivity contribution in [1.82, 2.24) is 19.5 Å². The molecule has 164 valence electrons. The molecule has 0 atom stereocenters. The number of aliphatic hydroxyl groups excluding tert-OH is 1. The maximum atomic E-state index is 9.29. The van der Waals surface area contributed by atoms with Crippen molar-refractivity contribution in [2.45, 2.75) is 6.92 Å². The van der Waals surface area contributed by atoms with Crippen molar-refractivity contribution in [3.63, 3.8) is 0 Å². The smallest absolute Gasteiger partial charge is 0.166 e. The lowest BCUT2D eigenvalue weighted by molar-refractivity contribution is 0.188. The number of benzene rings is 2. The lowest BCUT2D eigenvalue weighted by Gasteiger charge is -2.35. The Bertz CT molecular complexity index is 1230. The van der Waals surface area contributed by atoms with E-state index in [1.165, 1.54) is 3.57 Å². The minimum Gasteiger partial charge on any atom is -0.395 e. The second-order valence-electron chi connectivity index (χ2n) is 8.12. The summed E-state index contributed by atoms with van der Waals surface area (Å²) in [5, 5.41) is 14.2. The van der Waals surface area contributed by atoms with Crippen molar-refractivity contribution in [3.05, 3.63) is 69.9 Å². The summed E-state index contributed by atoms with van der Waals surface area (Å²) in [5.41, 5.74) is 6.14. The predicted molar refractivity (Wildman–Crippen MR) is 137 cm³/mol. The lowest BCUT2D eigenvalue weighted by atomic mass is 10.1. The normalized spacial score (nSPS) is 14.9. The van der Waals surface area contributed by atoms with Gasteiger partial charge in [0, 0.05) is 53.5 Å². The number of aromatic nitrogens is 3. The van der Waals surface area contributed by atoms with E-state index >= 15 is 0 Å². The first-order chi connectivity index (χ1) is 15.6. The first kappa shape index (κ1) is 21.4. The largest absolute Gasteiger partial charge is 0.395 e. The van der Waals surface area contributed by atoms with Crippen molar-refractivity contribution < 1.29 is 5.11 Å². The summed E-state index contributed by atoms with van der Waals surface area (Å²) >= 11 is 2.35. The third-order valence-corrected chi connectivity index (χ3v) is 6.71. The minimum absolute atomic E-state index is 0.203. The molecule has 7 heteroatoms. The van der Waals surface area contributed by atoms with Gasteiger partial charge in [-0.15, -0.1) is 0 Å². The number of anilines is 1. The number of β-amino-alcohol motifs (C(OH)–C–C–N with tert-alkyl or cyclic N) is 1. The molecule has 0 unspecified atom stereocenters. The monoisotopic (exact) mass is 539 g/mol. The highest BCUT2D eigenvalue weighted by molar-refractivity contribution is 14.1. The van der Waals surface area contributed by atoms with E-state index in [4.69, 9.17) is 10.1 Å². The SMILES string of the molecule is Cc1nn2c(N3CCN(CCO)CC3)cc(-c3cccc(I)c3)nc2c1-c1ccccc1. The van der Waals surface area contributed by atoms with Crippen molar-refractivity contribution in [2.75, 3.05) is 44.2 Å². The van der Waals surface area contributed by atoms with E-state index in [2.05, 4.69) is 93.9 Å². The average Bonchev–Trinajstić information content (AvgIpc) is 3.15. The number of hydrogen-bond acceptors (Lipinski definition) is 5. The molecule has 2 aromatic heterocycles. The molecule has 0 spiro atoms. The molecule has 3 heterocycles. The van der Waals surface area contributed by atoms with Gasteiger partial charge in [-0.3, -0.25) is 4.90 Å². The van der Waals surface area contributed by atoms with E-state index in [-0.39, 0.29) is 6.61 Å².